The minimum atomic E-state index is -2.81. The molecule has 0 aliphatic rings. The summed E-state index contributed by atoms with van der Waals surface area (Å²) in [5.74, 6) is 0. The number of hydrogen-bond acceptors (Lipinski definition) is 1. The van der Waals surface area contributed by atoms with Gasteiger partial charge in [-0.05, 0) is 37.7 Å². The number of para-hydroxylation sites is 2. The summed E-state index contributed by atoms with van der Waals surface area (Å²) in [6, 6.07) is 65.4. The van der Waals surface area contributed by atoms with Gasteiger partial charge in [-0.15, -0.1) is 11.3 Å². The van der Waals surface area contributed by atoms with Gasteiger partial charge in [0.15, 0.2) is 0 Å². The van der Waals surface area contributed by atoms with Crippen LogP contribution >= 0.6 is 11.3 Å². The third kappa shape index (κ3) is 3.91. The lowest BCUT2D eigenvalue weighted by Crippen LogP contribution is -2.74. The molecule has 0 radical (unpaired) electrons. The van der Waals surface area contributed by atoms with E-state index in [0.29, 0.717) is 0 Å². The molecule has 0 amide bonds. The summed E-state index contributed by atoms with van der Waals surface area (Å²) >= 11 is 1.93. The predicted molar refractivity (Wildman–Crippen MR) is 197 cm³/mol. The lowest BCUT2D eigenvalue weighted by molar-refractivity contribution is 1.18. The van der Waals surface area contributed by atoms with Crippen molar-refractivity contribution in [2.75, 3.05) is 0 Å². The molecule has 0 atom stereocenters. The van der Waals surface area contributed by atoms with E-state index in [1.54, 1.807) is 0 Å². The lowest BCUT2D eigenvalue weighted by Gasteiger charge is -2.47. The fourth-order valence-corrected chi connectivity index (χ4v) is 14.0. The summed E-state index contributed by atoms with van der Waals surface area (Å²) in [6.45, 7) is 0. The number of nitrogens with zero attached hydrogens (tertiary/aromatic N) is 1. The first kappa shape index (κ1) is 26.2. The number of rotatable bonds is 5. The van der Waals surface area contributed by atoms with Crippen LogP contribution in [0.5, 0.6) is 0 Å². The average molecular weight is 608 g/mol. The predicted octanol–water partition coefficient (Wildman–Crippen LogP) is 8.53. The Labute approximate surface area is 267 Å². The highest BCUT2D eigenvalue weighted by Crippen LogP contribution is 2.35. The molecule has 1 nitrogen and oxygen atoms in total. The van der Waals surface area contributed by atoms with E-state index in [1.165, 1.54) is 68.4 Å². The maximum atomic E-state index is 2.48. The number of thiophene rings is 1. The zero-order valence-electron chi connectivity index (χ0n) is 24.6. The highest BCUT2D eigenvalue weighted by molar-refractivity contribution is 7.30. The molecule has 0 saturated carbocycles. The van der Waals surface area contributed by atoms with Crippen molar-refractivity contribution in [3.63, 3.8) is 0 Å². The van der Waals surface area contributed by atoms with Crippen molar-refractivity contribution in [2.45, 2.75) is 0 Å². The second-order valence-electron chi connectivity index (χ2n) is 11.7. The van der Waals surface area contributed by atoms with Gasteiger partial charge in [-0.1, -0.05) is 152 Å². The minimum absolute atomic E-state index is 1.19. The van der Waals surface area contributed by atoms with Crippen molar-refractivity contribution in [3.05, 3.63) is 176 Å². The number of hydrogen-bond donors (Lipinski definition) is 0. The number of aromatic nitrogens is 1. The van der Waals surface area contributed by atoms with Gasteiger partial charge in [0.1, 0.15) is 0 Å². The first-order chi connectivity index (χ1) is 22.3. The van der Waals surface area contributed by atoms with Gasteiger partial charge in [0.05, 0.1) is 11.0 Å². The normalized spacial score (nSPS) is 12.0. The van der Waals surface area contributed by atoms with Gasteiger partial charge in [0.2, 0.25) is 0 Å². The van der Waals surface area contributed by atoms with Crippen molar-refractivity contribution in [1.82, 2.24) is 4.57 Å². The zero-order valence-corrected chi connectivity index (χ0v) is 26.4. The van der Waals surface area contributed by atoms with E-state index in [4.69, 9.17) is 0 Å². The summed E-state index contributed by atoms with van der Waals surface area (Å²) in [5.41, 5.74) is 3.65. The molecule has 0 fully saturated rings. The molecule has 0 spiro atoms. The highest BCUT2D eigenvalue weighted by atomic mass is 32.1. The molecular weight excluding hydrogens is 579 g/mol. The van der Waals surface area contributed by atoms with Crippen LogP contribution in [0.1, 0.15) is 0 Å². The topological polar surface area (TPSA) is 4.93 Å². The van der Waals surface area contributed by atoms with Crippen molar-refractivity contribution < 1.29 is 0 Å². The molecule has 45 heavy (non-hydrogen) atoms. The smallest absolute Gasteiger partial charge is 0.0541 e. The van der Waals surface area contributed by atoms with E-state index in [-0.39, 0.29) is 0 Å². The molecule has 0 unspecified atom stereocenters. The quantitative estimate of drug-likeness (QED) is 0.137. The summed E-state index contributed by atoms with van der Waals surface area (Å²) < 4.78 is 5.17. The molecule has 0 bridgehead atoms. The average Bonchev–Trinajstić information content (AvgIpc) is 3.66. The number of fused-ring (bicyclic) bond motifs is 6. The molecule has 213 valence electrons. The van der Waals surface area contributed by atoms with Crippen molar-refractivity contribution in [1.29, 1.82) is 0 Å². The van der Waals surface area contributed by atoms with Crippen molar-refractivity contribution in [2.24, 2.45) is 0 Å². The van der Waals surface area contributed by atoms with Gasteiger partial charge in [0, 0.05) is 31.2 Å². The van der Waals surface area contributed by atoms with Gasteiger partial charge < -0.3 is 4.57 Å². The monoisotopic (exact) mass is 607 g/mol. The van der Waals surface area contributed by atoms with Crippen LogP contribution in [-0.2, 0) is 0 Å². The molecule has 9 rings (SSSR count). The van der Waals surface area contributed by atoms with E-state index in [0.717, 1.165) is 0 Å². The van der Waals surface area contributed by atoms with E-state index in [9.17, 15) is 0 Å². The minimum Gasteiger partial charge on any atom is -0.309 e. The summed E-state index contributed by atoms with van der Waals surface area (Å²) in [6.07, 6.45) is 0. The molecule has 7 aromatic carbocycles. The van der Waals surface area contributed by atoms with Crippen LogP contribution in [0.2, 0.25) is 0 Å². The van der Waals surface area contributed by atoms with E-state index in [1.807, 2.05) is 11.3 Å². The Morgan fingerprint density at radius 2 is 0.911 bits per heavy atom. The molecule has 2 heterocycles. The molecule has 3 heteroatoms. The largest absolute Gasteiger partial charge is 0.309 e. The Hall–Kier alpha value is -5.22. The fourth-order valence-electron chi connectivity index (χ4n) is 7.46. The Balaban J connectivity index is 1.42. The molecule has 0 N–H and O–H groups in total. The maximum Gasteiger partial charge on any atom is 0.0541 e. The van der Waals surface area contributed by atoms with Gasteiger partial charge >= 0.3 is 0 Å². The molecule has 0 saturated heterocycles. The molecule has 2 aromatic heterocycles. The molecule has 0 aliphatic carbocycles. The Kier molecular flexibility index (Phi) is 6.08. The third-order valence-corrected chi connectivity index (χ3v) is 15.5. The van der Waals surface area contributed by atoms with Gasteiger partial charge in [-0.2, -0.15) is 20.7 Å². The van der Waals surface area contributed by atoms with Crippen LogP contribution in [0, 0.1) is 0 Å². The van der Waals surface area contributed by atoms with Crippen molar-refractivity contribution >= 4 is 82.1 Å². The second-order valence-corrected chi connectivity index (χ2v) is 16.5. The summed E-state index contributed by atoms with van der Waals surface area (Å²) in [4.78, 5) is 0. The van der Waals surface area contributed by atoms with Crippen molar-refractivity contribution in [3.8, 4) is 5.69 Å². The summed E-state index contributed by atoms with van der Waals surface area (Å²) in [5, 5.41) is 10.8. The Morgan fingerprint density at radius 1 is 0.400 bits per heavy atom. The van der Waals surface area contributed by atoms with Crippen LogP contribution in [0.3, 0.4) is 0 Å². The van der Waals surface area contributed by atoms with Crippen LogP contribution in [-0.4, -0.2) is 12.6 Å². The molecule has 9 aromatic rings. The summed E-state index contributed by atoms with van der Waals surface area (Å²) in [7, 11) is -2.81. The lowest BCUT2D eigenvalue weighted by atomic mass is 10.1. The van der Waals surface area contributed by atoms with Crippen LogP contribution in [0.15, 0.2) is 176 Å². The Bertz CT molecular complexity index is 2400. The first-order valence-electron chi connectivity index (χ1n) is 15.4. The van der Waals surface area contributed by atoms with Crippen LogP contribution < -0.4 is 20.7 Å². The maximum absolute atomic E-state index is 2.81. The fraction of sp³-hybridized carbons (Fsp3) is 0. The van der Waals surface area contributed by atoms with E-state index < -0.39 is 8.07 Å². The van der Waals surface area contributed by atoms with Crippen LogP contribution in [0.4, 0.5) is 0 Å². The van der Waals surface area contributed by atoms with Gasteiger partial charge in [-0.25, -0.2) is 0 Å². The standard InChI is InChI=1S/C42H29NSSi/c1-3-16-31(17-4-1)45(32-18-5-2-6-19-32,41-28-14-24-37-36-23-9-12-27-40(36)44-42(37)41)33-20-13-15-30(29-33)43-38-25-10-7-21-34(38)35-22-8-11-26-39(35)43/h1-29H/q-1. The van der Waals surface area contributed by atoms with Gasteiger partial charge in [0.25, 0.3) is 0 Å². The second kappa shape index (κ2) is 10.4. The first-order valence-corrected chi connectivity index (χ1v) is 18.3. The van der Waals surface area contributed by atoms with E-state index in [2.05, 4.69) is 180 Å². The highest BCUT2D eigenvalue weighted by Gasteiger charge is 2.30. The molecular formula is C42H29NSSi-. The zero-order chi connectivity index (χ0) is 29.8. The third-order valence-electron chi connectivity index (χ3n) is 9.34. The SMILES string of the molecule is c1ccc([Si-](c2ccccc2)(c2cccc(-n3c4ccccc4c4ccccc43)c2)c2cccc3c2sc2ccccc23)cc1. The van der Waals surface area contributed by atoms with Crippen LogP contribution in [0.25, 0.3) is 47.7 Å². The molecule has 0 aliphatic heterocycles. The van der Waals surface area contributed by atoms with Gasteiger partial charge in [-0.3, -0.25) is 0 Å². The van der Waals surface area contributed by atoms with E-state index >= 15 is 0 Å². The Morgan fingerprint density at radius 3 is 1.58 bits per heavy atom. The number of benzene rings is 7.